The Balaban J connectivity index is 2.42. The number of hydrogen-bond acceptors (Lipinski definition) is 2. The van der Waals surface area contributed by atoms with Crippen LogP contribution in [0.2, 0.25) is 5.02 Å². The first-order valence-electron chi connectivity index (χ1n) is 4.84. The van der Waals surface area contributed by atoms with Gasteiger partial charge in [0.15, 0.2) is 0 Å². The Morgan fingerprint density at radius 3 is 2.80 bits per heavy atom. The van der Waals surface area contributed by atoms with Crippen LogP contribution in [0.1, 0.15) is 25.5 Å². The van der Waals surface area contributed by atoms with Gasteiger partial charge < -0.3 is 0 Å². The van der Waals surface area contributed by atoms with E-state index in [2.05, 4.69) is 29.0 Å². The van der Waals surface area contributed by atoms with Crippen LogP contribution in [0.5, 0.6) is 0 Å². The number of pyridine rings is 1. The van der Waals surface area contributed by atoms with Crippen LogP contribution in [0.25, 0.3) is 11.4 Å². The summed E-state index contributed by atoms with van der Waals surface area (Å²) >= 11 is 6.03. The van der Waals surface area contributed by atoms with E-state index in [0.717, 1.165) is 17.1 Å². The Bertz CT molecular complexity index is 462. The zero-order chi connectivity index (χ0) is 10.8. The van der Waals surface area contributed by atoms with Gasteiger partial charge in [0.1, 0.15) is 11.4 Å². The van der Waals surface area contributed by atoms with Gasteiger partial charge in [-0.1, -0.05) is 25.4 Å². The first kappa shape index (κ1) is 10.2. The lowest BCUT2D eigenvalue weighted by Crippen LogP contribution is -1.85. The Labute approximate surface area is 93.5 Å². The Kier molecular flexibility index (Phi) is 2.73. The van der Waals surface area contributed by atoms with E-state index in [9.17, 15) is 0 Å². The topological polar surface area (TPSA) is 41.6 Å². The second kappa shape index (κ2) is 4.03. The zero-order valence-corrected chi connectivity index (χ0v) is 9.42. The third-order valence-electron chi connectivity index (χ3n) is 2.22. The number of nitrogens with one attached hydrogen (secondary N) is 1. The van der Waals surface area contributed by atoms with Crippen LogP contribution in [-0.4, -0.2) is 15.2 Å². The summed E-state index contributed by atoms with van der Waals surface area (Å²) in [4.78, 5) is 4.21. The number of hydrogen-bond donors (Lipinski definition) is 1. The van der Waals surface area contributed by atoms with Crippen LogP contribution in [-0.2, 0) is 0 Å². The van der Waals surface area contributed by atoms with Crippen molar-refractivity contribution in [1.82, 2.24) is 15.2 Å². The van der Waals surface area contributed by atoms with Crippen molar-refractivity contribution >= 4 is 11.6 Å². The summed E-state index contributed by atoms with van der Waals surface area (Å²) in [5, 5.41) is 7.80. The average Bonchev–Trinajstić information content (AvgIpc) is 2.67. The van der Waals surface area contributed by atoms with Gasteiger partial charge in [0, 0.05) is 11.9 Å². The molecule has 0 radical (unpaired) electrons. The van der Waals surface area contributed by atoms with Crippen molar-refractivity contribution in [3.63, 3.8) is 0 Å². The van der Waals surface area contributed by atoms with E-state index in [4.69, 9.17) is 11.6 Å². The van der Waals surface area contributed by atoms with Crippen molar-refractivity contribution < 1.29 is 0 Å². The largest absolute Gasteiger partial charge is 0.282 e. The summed E-state index contributed by atoms with van der Waals surface area (Å²) in [5.74, 6) is 0.425. The maximum Gasteiger partial charge on any atom is 0.112 e. The van der Waals surface area contributed by atoms with Gasteiger partial charge in [-0.3, -0.25) is 10.1 Å². The lowest BCUT2D eigenvalue weighted by Gasteiger charge is -1.98. The zero-order valence-electron chi connectivity index (χ0n) is 8.66. The molecule has 0 aliphatic heterocycles. The minimum absolute atomic E-state index is 0.425. The highest BCUT2D eigenvalue weighted by Gasteiger charge is 2.10. The van der Waals surface area contributed by atoms with Gasteiger partial charge >= 0.3 is 0 Å². The molecule has 0 aliphatic carbocycles. The lowest BCUT2D eigenvalue weighted by atomic mass is 10.1. The van der Waals surface area contributed by atoms with Gasteiger partial charge in [-0.2, -0.15) is 5.10 Å². The van der Waals surface area contributed by atoms with Crippen molar-refractivity contribution in [2.45, 2.75) is 19.8 Å². The summed E-state index contributed by atoms with van der Waals surface area (Å²) in [7, 11) is 0. The van der Waals surface area contributed by atoms with Crippen molar-refractivity contribution in [2.24, 2.45) is 0 Å². The van der Waals surface area contributed by atoms with Crippen molar-refractivity contribution in [2.75, 3.05) is 0 Å². The van der Waals surface area contributed by atoms with Gasteiger partial charge in [-0.05, 0) is 24.1 Å². The standard InChI is InChI=1S/C11H12ClN3/c1-7(2)9-6-10(15-14-9)11-8(12)4-3-5-13-11/h3-7H,1-2H3,(H,14,15). The average molecular weight is 222 g/mol. The van der Waals surface area contributed by atoms with Crippen molar-refractivity contribution in [3.8, 4) is 11.4 Å². The Morgan fingerprint density at radius 2 is 2.20 bits per heavy atom. The van der Waals surface area contributed by atoms with Gasteiger partial charge in [-0.15, -0.1) is 0 Å². The summed E-state index contributed by atoms with van der Waals surface area (Å²) in [6.45, 7) is 4.22. The van der Waals surface area contributed by atoms with Crippen molar-refractivity contribution in [1.29, 1.82) is 0 Å². The summed E-state index contributed by atoms with van der Waals surface area (Å²) in [6.07, 6.45) is 1.71. The number of aromatic amines is 1. The fourth-order valence-electron chi connectivity index (χ4n) is 1.33. The molecule has 78 valence electrons. The molecule has 1 N–H and O–H groups in total. The third kappa shape index (κ3) is 2.02. The minimum Gasteiger partial charge on any atom is -0.282 e. The van der Waals surface area contributed by atoms with E-state index >= 15 is 0 Å². The maximum absolute atomic E-state index is 6.03. The molecular weight excluding hydrogens is 210 g/mol. The molecule has 0 spiro atoms. The van der Waals surface area contributed by atoms with Gasteiger partial charge in [0.2, 0.25) is 0 Å². The maximum atomic E-state index is 6.03. The molecule has 0 unspecified atom stereocenters. The highest BCUT2D eigenvalue weighted by atomic mass is 35.5. The van der Waals surface area contributed by atoms with E-state index in [1.54, 1.807) is 6.20 Å². The molecule has 0 fully saturated rings. The number of aromatic nitrogens is 3. The molecule has 0 saturated carbocycles. The molecule has 3 nitrogen and oxygen atoms in total. The van der Waals surface area contributed by atoms with E-state index in [1.807, 2.05) is 18.2 Å². The quantitative estimate of drug-likeness (QED) is 0.846. The monoisotopic (exact) mass is 221 g/mol. The predicted octanol–water partition coefficient (Wildman–Crippen LogP) is 3.25. The molecule has 0 saturated heterocycles. The van der Waals surface area contributed by atoms with Gasteiger partial charge in [0.05, 0.1) is 5.02 Å². The molecule has 0 aromatic carbocycles. The number of H-pyrrole nitrogens is 1. The highest BCUT2D eigenvalue weighted by Crippen LogP contribution is 2.25. The Hall–Kier alpha value is -1.35. The van der Waals surface area contributed by atoms with Crippen LogP contribution < -0.4 is 0 Å². The molecule has 0 amide bonds. The van der Waals surface area contributed by atoms with E-state index in [-0.39, 0.29) is 0 Å². The minimum atomic E-state index is 0.425. The number of rotatable bonds is 2. The smallest absolute Gasteiger partial charge is 0.112 e. The molecular formula is C11H12ClN3. The van der Waals surface area contributed by atoms with Crippen LogP contribution >= 0.6 is 11.6 Å². The molecule has 2 aromatic rings. The number of nitrogens with zero attached hydrogens (tertiary/aromatic N) is 2. The third-order valence-corrected chi connectivity index (χ3v) is 2.53. The van der Waals surface area contributed by atoms with Gasteiger partial charge in [-0.25, -0.2) is 0 Å². The molecule has 0 bridgehead atoms. The fraction of sp³-hybridized carbons (Fsp3) is 0.273. The number of halogens is 1. The summed E-state index contributed by atoms with van der Waals surface area (Å²) < 4.78 is 0. The van der Waals surface area contributed by atoms with E-state index in [0.29, 0.717) is 10.9 Å². The molecule has 2 rings (SSSR count). The molecule has 15 heavy (non-hydrogen) atoms. The van der Waals surface area contributed by atoms with E-state index < -0.39 is 0 Å². The first-order valence-corrected chi connectivity index (χ1v) is 5.22. The van der Waals surface area contributed by atoms with Crippen LogP contribution in [0.4, 0.5) is 0 Å². The molecule has 0 atom stereocenters. The normalized spacial score (nSPS) is 10.9. The first-order chi connectivity index (χ1) is 7.18. The molecule has 4 heteroatoms. The lowest BCUT2D eigenvalue weighted by molar-refractivity contribution is 0.811. The Morgan fingerprint density at radius 1 is 1.40 bits per heavy atom. The second-order valence-electron chi connectivity index (χ2n) is 3.70. The highest BCUT2D eigenvalue weighted by molar-refractivity contribution is 6.32. The van der Waals surface area contributed by atoms with Crippen molar-refractivity contribution in [3.05, 3.63) is 35.1 Å². The molecule has 0 aliphatic rings. The second-order valence-corrected chi connectivity index (χ2v) is 4.10. The SMILES string of the molecule is CC(C)c1cc(-c2ncccc2Cl)n[nH]1. The van der Waals surface area contributed by atoms with E-state index in [1.165, 1.54) is 0 Å². The summed E-state index contributed by atoms with van der Waals surface area (Å²) in [6, 6.07) is 5.61. The molecule has 2 heterocycles. The molecule has 2 aromatic heterocycles. The fourth-order valence-corrected chi connectivity index (χ4v) is 1.55. The van der Waals surface area contributed by atoms with Gasteiger partial charge in [0.25, 0.3) is 0 Å². The van der Waals surface area contributed by atoms with Crippen LogP contribution in [0.15, 0.2) is 24.4 Å². The van der Waals surface area contributed by atoms with Crippen LogP contribution in [0, 0.1) is 0 Å². The predicted molar refractivity (Wildman–Crippen MR) is 60.9 cm³/mol. The van der Waals surface area contributed by atoms with Crippen LogP contribution in [0.3, 0.4) is 0 Å². The summed E-state index contributed by atoms with van der Waals surface area (Å²) in [5.41, 5.74) is 2.61.